The Hall–Kier alpha value is -1.49. The van der Waals surface area contributed by atoms with Crippen molar-refractivity contribution in [3.05, 3.63) is 29.3 Å². The van der Waals surface area contributed by atoms with Crippen LogP contribution in [0.4, 0.5) is 8.78 Å². The van der Waals surface area contributed by atoms with E-state index >= 15 is 0 Å². The summed E-state index contributed by atoms with van der Waals surface area (Å²) in [5.74, 6) is -4.00. The first-order valence-electron chi connectivity index (χ1n) is 3.92. The maximum absolute atomic E-state index is 13.1. The van der Waals surface area contributed by atoms with Gasteiger partial charge in [-0.25, -0.2) is 8.78 Å². The van der Waals surface area contributed by atoms with E-state index in [-0.39, 0.29) is 0 Å². The number of benzene rings is 1. The lowest BCUT2D eigenvalue weighted by atomic mass is 10.0. The molecule has 1 atom stereocenters. The largest absolute Gasteiger partial charge is 0.507 e. The van der Waals surface area contributed by atoms with Crippen LogP contribution < -0.4 is 5.73 Å². The third-order valence-electron chi connectivity index (χ3n) is 1.73. The van der Waals surface area contributed by atoms with Crippen molar-refractivity contribution in [2.45, 2.75) is 13.0 Å². The zero-order valence-corrected chi connectivity index (χ0v) is 7.42. The first kappa shape index (κ1) is 10.6. The summed E-state index contributed by atoms with van der Waals surface area (Å²) in [6.07, 6.45) is 0. The fourth-order valence-electron chi connectivity index (χ4n) is 1.00. The number of hydrogen-bond donors (Lipinski definition) is 2. The lowest BCUT2D eigenvalue weighted by Gasteiger charge is -2.07. The number of halogens is 2. The molecule has 0 aliphatic heterocycles. The number of aromatic hydroxyl groups is 1. The van der Waals surface area contributed by atoms with E-state index in [1.165, 1.54) is 6.92 Å². The molecule has 3 N–H and O–H groups in total. The second-order valence-electron chi connectivity index (χ2n) is 2.91. The Balaban J connectivity index is 3.33. The summed E-state index contributed by atoms with van der Waals surface area (Å²) < 4.78 is 25.8. The average molecular weight is 201 g/mol. The fraction of sp³-hybridized carbons (Fsp3) is 0.222. The zero-order chi connectivity index (χ0) is 10.9. The van der Waals surface area contributed by atoms with Gasteiger partial charge in [-0.2, -0.15) is 0 Å². The Morgan fingerprint density at radius 2 is 2.07 bits per heavy atom. The average Bonchev–Trinajstić information content (AvgIpc) is 2.12. The highest BCUT2D eigenvalue weighted by atomic mass is 19.2. The lowest BCUT2D eigenvalue weighted by Crippen LogP contribution is -2.27. The van der Waals surface area contributed by atoms with Crippen molar-refractivity contribution in [2.24, 2.45) is 5.73 Å². The second-order valence-corrected chi connectivity index (χ2v) is 2.91. The Labute approximate surface area is 79.2 Å². The Kier molecular flexibility index (Phi) is 2.81. The third-order valence-corrected chi connectivity index (χ3v) is 1.73. The summed E-state index contributed by atoms with van der Waals surface area (Å²) >= 11 is 0. The van der Waals surface area contributed by atoms with Crippen molar-refractivity contribution in [3.63, 3.8) is 0 Å². The Morgan fingerprint density at radius 3 is 2.57 bits per heavy atom. The van der Waals surface area contributed by atoms with Gasteiger partial charge in [0.1, 0.15) is 5.75 Å². The molecule has 0 bridgehead atoms. The normalized spacial score (nSPS) is 12.6. The van der Waals surface area contributed by atoms with Crippen LogP contribution >= 0.6 is 0 Å². The van der Waals surface area contributed by atoms with E-state index in [4.69, 9.17) is 10.8 Å². The molecule has 5 heteroatoms. The van der Waals surface area contributed by atoms with Crippen LogP contribution in [0.25, 0.3) is 0 Å². The molecule has 1 aromatic rings. The molecule has 1 unspecified atom stereocenters. The molecule has 14 heavy (non-hydrogen) atoms. The highest BCUT2D eigenvalue weighted by Crippen LogP contribution is 2.23. The highest BCUT2D eigenvalue weighted by Gasteiger charge is 2.22. The van der Waals surface area contributed by atoms with Crippen LogP contribution in [0.2, 0.25) is 0 Å². The molecule has 0 amide bonds. The van der Waals surface area contributed by atoms with E-state index in [2.05, 4.69) is 0 Å². The predicted octanol–water partition coefficient (Wildman–Crippen LogP) is 1.20. The van der Waals surface area contributed by atoms with Gasteiger partial charge in [0.05, 0.1) is 11.6 Å². The van der Waals surface area contributed by atoms with Crippen LogP contribution in [0.3, 0.4) is 0 Å². The fourth-order valence-corrected chi connectivity index (χ4v) is 1.00. The van der Waals surface area contributed by atoms with Gasteiger partial charge in [0.15, 0.2) is 17.4 Å². The van der Waals surface area contributed by atoms with Gasteiger partial charge in [-0.3, -0.25) is 4.79 Å². The second kappa shape index (κ2) is 3.71. The van der Waals surface area contributed by atoms with Crippen LogP contribution in [-0.2, 0) is 0 Å². The first-order chi connectivity index (χ1) is 6.45. The van der Waals surface area contributed by atoms with Crippen LogP contribution in [0.1, 0.15) is 17.3 Å². The van der Waals surface area contributed by atoms with Crippen LogP contribution in [0.5, 0.6) is 5.75 Å². The minimum Gasteiger partial charge on any atom is -0.507 e. The Bertz CT molecular complexity index is 377. The molecule has 0 fully saturated rings. The van der Waals surface area contributed by atoms with Crippen molar-refractivity contribution >= 4 is 5.78 Å². The topological polar surface area (TPSA) is 63.3 Å². The SMILES string of the molecule is CC(N)C(=O)c1c(O)ccc(F)c1F. The minimum atomic E-state index is -1.37. The van der Waals surface area contributed by atoms with Gasteiger partial charge < -0.3 is 10.8 Å². The van der Waals surface area contributed by atoms with Crippen molar-refractivity contribution in [1.82, 2.24) is 0 Å². The number of nitrogens with two attached hydrogens (primary N) is 1. The van der Waals surface area contributed by atoms with Crippen molar-refractivity contribution in [1.29, 1.82) is 0 Å². The predicted molar refractivity (Wildman–Crippen MR) is 46.0 cm³/mol. The molecule has 0 saturated carbocycles. The summed E-state index contributed by atoms with van der Waals surface area (Å²) in [6, 6.07) is 0.661. The molecular weight excluding hydrogens is 192 g/mol. The van der Waals surface area contributed by atoms with Crippen LogP contribution in [0.15, 0.2) is 12.1 Å². The van der Waals surface area contributed by atoms with E-state index in [1.54, 1.807) is 0 Å². The quantitative estimate of drug-likeness (QED) is 0.706. The molecule has 0 radical (unpaired) electrons. The van der Waals surface area contributed by atoms with Crippen molar-refractivity contribution < 1.29 is 18.7 Å². The number of phenolic OH excluding ortho intramolecular Hbond substituents is 1. The third kappa shape index (κ3) is 1.72. The molecule has 0 aliphatic carbocycles. The number of Topliss-reactive ketones (excluding diaryl/α,β-unsaturated/α-hetero) is 1. The first-order valence-corrected chi connectivity index (χ1v) is 3.92. The number of rotatable bonds is 2. The molecule has 0 heterocycles. The van der Waals surface area contributed by atoms with E-state index in [1.807, 2.05) is 0 Å². The molecule has 1 rings (SSSR count). The van der Waals surface area contributed by atoms with E-state index < -0.39 is 34.8 Å². The van der Waals surface area contributed by atoms with Gasteiger partial charge in [0, 0.05) is 0 Å². The van der Waals surface area contributed by atoms with E-state index in [0.29, 0.717) is 0 Å². The van der Waals surface area contributed by atoms with Gasteiger partial charge in [-0.15, -0.1) is 0 Å². The molecule has 0 aromatic heterocycles. The minimum absolute atomic E-state index is 0.605. The summed E-state index contributed by atoms with van der Waals surface area (Å²) in [7, 11) is 0. The van der Waals surface area contributed by atoms with E-state index in [0.717, 1.165) is 12.1 Å². The molecule has 0 saturated heterocycles. The number of ketones is 1. The molecule has 76 valence electrons. The molecule has 0 aliphatic rings. The van der Waals surface area contributed by atoms with Crippen LogP contribution in [-0.4, -0.2) is 16.9 Å². The maximum atomic E-state index is 13.1. The molecular formula is C9H9F2NO2. The number of carbonyl (C=O) groups excluding carboxylic acids is 1. The van der Waals surface area contributed by atoms with Gasteiger partial charge in [0.2, 0.25) is 0 Å². The van der Waals surface area contributed by atoms with Gasteiger partial charge >= 0.3 is 0 Å². The van der Waals surface area contributed by atoms with Crippen molar-refractivity contribution in [3.8, 4) is 5.75 Å². The van der Waals surface area contributed by atoms with Crippen LogP contribution in [0, 0.1) is 11.6 Å². The highest BCUT2D eigenvalue weighted by molar-refractivity contribution is 6.02. The van der Waals surface area contributed by atoms with Gasteiger partial charge in [-0.05, 0) is 19.1 Å². The number of carbonyl (C=O) groups is 1. The summed E-state index contributed by atoms with van der Waals surface area (Å²) in [5, 5.41) is 9.15. The zero-order valence-electron chi connectivity index (χ0n) is 7.42. The lowest BCUT2D eigenvalue weighted by molar-refractivity contribution is 0.0960. The summed E-state index contributed by atoms with van der Waals surface area (Å²) in [6.45, 7) is 1.33. The summed E-state index contributed by atoms with van der Waals surface area (Å²) in [4.78, 5) is 11.2. The number of hydrogen-bond acceptors (Lipinski definition) is 3. The van der Waals surface area contributed by atoms with Crippen molar-refractivity contribution in [2.75, 3.05) is 0 Å². The van der Waals surface area contributed by atoms with Gasteiger partial charge in [0.25, 0.3) is 0 Å². The molecule has 1 aromatic carbocycles. The molecule has 3 nitrogen and oxygen atoms in total. The smallest absolute Gasteiger partial charge is 0.186 e. The monoisotopic (exact) mass is 201 g/mol. The summed E-state index contributed by atoms with van der Waals surface area (Å²) in [5.41, 5.74) is 4.51. The van der Waals surface area contributed by atoms with E-state index in [9.17, 15) is 13.6 Å². The van der Waals surface area contributed by atoms with Gasteiger partial charge in [-0.1, -0.05) is 0 Å². The molecule has 0 spiro atoms. The standard InChI is InChI=1S/C9H9F2NO2/c1-4(12)9(14)7-6(13)3-2-5(10)8(7)11/h2-4,13H,12H2,1H3. The number of phenols is 1. The Morgan fingerprint density at radius 1 is 1.50 bits per heavy atom. The maximum Gasteiger partial charge on any atom is 0.186 e.